The van der Waals surface area contributed by atoms with E-state index in [0.29, 0.717) is 0 Å². The van der Waals surface area contributed by atoms with Crippen molar-refractivity contribution in [3.05, 3.63) is 29.1 Å². The van der Waals surface area contributed by atoms with E-state index >= 15 is 0 Å². The lowest BCUT2D eigenvalue weighted by molar-refractivity contribution is 0.926. The van der Waals surface area contributed by atoms with Crippen molar-refractivity contribution in [1.29, 1.82) is 0 Å². The zero-order chi connectivity index (χ0) is 8.55. The van der Waals surface area contributed by atoms with Gasteiger partial charge in [-0.3, -0.25) is 0 Å². The SMILES string of the molecule is Cn1cccc1-c1ncc(Br)[nH]1. The number of imidazole rings is 1. The number of nitrogens with one attached hydrogen (secondary N) is 1. The molecule has 0 bridgehead atoms. The number of halogens is 1. The molecule has 0 aliphatic carbocycles. The summed E-state index contributed by atoms with van der Waals surface area (Å²) in [7, 11) is 1.99. The van der Waals surface area contributed by atoms with Gasteiger partial charge in [0.25, 0.3) is 0 Å². The highest BCUT2D eigenvalue weighted by Gasteiger charge is 2.03. The van der Waals surface area contributed by atoms with Crippen molar-refractivity contribution in [2.45, 2.75) is 0 Å². The Morgan fingerprint density at radius 3 is 2.92 bits per heavy atom. The molecule has 1 N–H and O–H groups in total. The van der Waals surface area contributed by atoms with Crippen molar-refractivity contribution < 1.29 is 0 Å². The van der Waals surface area contributed by atoms with Gasteiger partial charge in [-0.25, -0.2) is 4.98 Å². The van der Waals surface area contributed by atoms with E-state index in [1.807, 2.05) is 29.9 Å². The molecule has 2 heterocycles. The molecule has 12 heavy (non-hydrogen) atoms. The number of aryl methyl sites for hydroxylation is 1. The molecule has 3 nitrogen and oxygen atoms in total. The van der Waals surface area contributed by atoms with Crippen LogP contribution in [0.1, 0.15) is 0 Å². The molecule has 0 unspecified atom stereocenters. The van der Waals surface area contributed by atoms with Crippen LogP contribution in [0.3, 0.4) is 0 Å². The Hall–Kier alpha value is -1.03. The fraction of sp³-hybridized carbons (Fsp3) is 0.125. The minimum atomic E-state index is 0.884. The zero-order valence-corrected chi connectivity index (χ0v) is 8.17. The van der Waals surface area contributed by atoms with Crippen molar-refractivity contribution in [3.8, 4) is 11.5 Å². The lowest BCUT2D eigenvalue weighted by atomic mass is 10.4. The van der Waals surface area contributed by atoms with Gasteiger partial charge in [0, 0.05) is 13.2 Å². The number of hydrogen-bond acceptors (Lipinski definition) is 1. The summed E-state index contributed by atoms with van der Waals surface area (Å²) in [6, 6.07) is 4.01. The number of hydrogen-bond donors (Lipinski definition) is 1. The van der Waals surface area contributed by atoms with Crippen molar-refractivity contribution >= 4 is 15.9 Å². The average molecular weight is 226 g/mol. The maximum atomic E-state index is 4.20. The second kappa shape index (κ2) is 2.79. The fourth-order valence-electron chi connectivity index (χ4n) is 1.14. The maximum absolute atomic E-state index is 4.20. The molecule has 2 aromatic rings. The van der Waals surface area contributed by atoms with Crippen LogP contribution in [0.25, 0.3) is 11.5 Å². The average Bonchev–Trinajstić information content (AvgIpc) is 2.58. The third-order valence-electron chi connectivity index (χ3n) is 1.73. The van der Waals surface area contributed by atoms with Gasteiger partial charge in [0.1, 0.15) is 4.60 Å². The number of H-pyrrole nitrogens is 1. The van der Waals surface area contributed by atoms with E-state index in [4.69, 9.17) is 0 Å². The largest absolute Gasteiger partial charge is 0.348 e. The van der Waals surface area contributed by atoms with Gasteiger partial charge in [-0.15, -0.1) is 0 Å². The zero-order valence-electron chi connectivity index (χ0n) is 6.58. The summed E-state index contributed by atoms with van der Waals surface area (Å²) < 4.78 is 2.92. The summed E-state index contributed by atoms with van der Waals surface area (Å²) in [5.41, 5.74) is 1.08. The highest BCUT2D eigenvalue weighted by Crippen LogP contribution is 2.17. The molecule has 62 valence electrons. The van der Waals surface area contributed by atoms with E-state index in [9.17, 15) is 0 Å². The first-order chi connectivity index (χ1) is 5.77. The smallest absolute Gasteiger partial charge is 0.154 e. The number of aromatic amines is 1. The lowest BCUT2D eigenvalue weighted by Gasteiger charge is -1.97. The van der Waals surface area contributed by atoms with Gasteiger partial charge in [-0.1, -0.05) is 0 Å². The van der Waals surface area contributed by atoms with Crippen molar-refractivity contribution in [2.75, 3.05) is 0 Å². The molecular weight excluding hydrogens is 218 g/mol. The summed E-state index contributed by atoms with van der Waals surface area (Å²) in [5.74, 6) is 0.884. The first kappa shape index (κ1) is 7.61. The van der Waals surface area contributed by atoms with E-state index in [0.717, 1.165) is 16.1 Å². The second-order valence-corrected chi connectivity index (χ2v) is 3.44. The summed E-state index contributed by atoms with van der Waals surface area (Å²) in [6.45, 7) is 0. The molecule has 0 aliphatic heterocycles. The van der Waals surface area contributed by atoms with Gasteiger partial charge in [0.05, 0.1) is 11.9 Å². The van der Waals surface area contributed by atoms with Crippen LogP contribution >= 0.6 is 15.9 Å². The molecular formula is C8H8BrN3. The topological polar surface area (TPSA) is 33.6 Å². The van der Waals surface area contributed by atoms with Crippen molar-refractivity contribution in [1.82, 2.24) is 14.5 Å². The van der Waals surface area contributed by atoms with Gasteiger partial charge in [-0.2, -0.15) is 0 Å². The Kier molecular flexibility index (Phi) is 1.77. The van der Waals surface area contributed by atoms with Gasteiger partial charge in [0.2, 0.25) is 0 Å². The Balaban J connectivity index is 2.50. The standard InChI is InChI=1S/C8H8BrN3/c1-12-4-2-3-6(12)8-10-5-7(9)11-8/h2-5H,1H3,(H,10,11). The summed E-state index contributed by atoms with van der Waals surface area (Å²) in [6.07, 6.45) is 3.74. The van der Waals surface area contributed by atoms with Crippen LogP contribution in [0.4, 0.5) is 0 Å². The first-order valence-electron chi connectivity index (χ1n) is 3.59. The monoisotopic (exact) mass is 225 g/mol. The molecule has 0 spiro atoms. The highest BCUT2D eigenvalue weighted by molar-refractivity contribution is 9.10. The molecule has 0 radical (unpaired) electrons. The van der Waals surface area contributed by atoms with Crippen molar-refractivity contribution in [2.24, 2.45) is 7.05 Å². The van der Waals surface area contributed by atoms with Crippen LogP contribution in [0.2, 0.25) is 0 Å². The third kappa shape index (κ3) is 1.18. The Morgan fingerprint density at radius 2 is 2.42 bits per heavy atom. The molecule has 0 atom stereocenters. The minimum Gasteiger partial charge on any atom is -0.348 e. The number of rotatable bonds is 1. The van der Waals surface area contributed by atoms with E-state index in [1.54, 1.807) is 6.20 Å². The van der Waals surface area contributed by atoms with Crippen LogP contribution in [0.15, 0.2) is 29.1 Å². The Labute approximate surface area is 78.6 Å². The normalized spacial score (nSPS) is 10.5. The third-order valence-corrected chi connectivity index (χ3v) is 2.13. The van der Waals surface area contributed by atoms with Gasteiger partial charge < -0.3 is 9.55 Å². The van der Waals surface area contributed by atoms with Crippen LogP contribution in [0, 0.1) is 0 Å². The molecule has 4 heteroatoms. The second-order valence-electron chi connectivity index (χ2n) is 2.58. The molecule has 0 fully saturated rings. The van der Waals surface area contributed by atoms with E-state index in [2.05, 4.69) is 25.9 Å². The maximum Gasteiger partial charge on any atom is 0.154 e. The Bertz CT molecular complexity index is 388. The fourth-order valence-corrected chi connectivity index (χ4v) is 1.43. The predicted octanol–water partition coefficient (Wildman–Crippen LogP) is 2.18. The van der Waals surface area contributed by atoms with Crippen LogP contribution in [-0.2, 0) is 7.05 Å². The van der Waals surface area contributed by atoms with Gasteiger partial charge >= 0.3 is 0 Å². The molecule has 2 aromatic heterocycles. The van der Waals surface area contributed by atoms with Gasteiger partial charge in [-0.05, 0) is 28.1 Å². The van der Waals surface area contributed by atoms with Crippen molar-refractivity contribution in [3.63, 3.8) is 0 Å². The Morgan fingerprint density at radius 1 is 1.58 bits per heavy atom. The first-order valence-corrected chi connectivity index (χ1v) is 4.39. The molecule has 2 rings (SSSR count). The quantitative estimate of drug-likeness (QED) is 0.794. The summed E-state index contributed by atoms with van der Waals surface area (Å²) >= 11 is 3.31. The predicted molar refractivity (Wildman–Crippen MR) is 50.7 cm³/mol. The number of aromatic nitrogens is 3. The van der Waals surface area contributed by atoms with E-state index < -0.39 is 0 Å². The summed E-state index contributed by atoms with van der Waals surface area (Å²) in [4.78, 5) is 7.30. The minimum absolute atomic E-state index is 0.884. The molecule has 0 amide bonds. The summed E-state index contributed by atoms with van der Waals surface area (Å²) in [5, 5.41) is 0. The van der Waals surface area contributed by atoms with E-state index in [-0.39, 0.29) is 0 Å². The molecule has 0 saturated carbocycles. The highest BCUT2D eigenvalue weighted by atomic mass is 79.9. The molecule has 0 saturated heterocycles. The molecule has 0 aliphatic rings. The van der Waals surface area contributed by atoms with E-state index in [1.165, 1.54) is 0 Å². The lowest BCUT2D eigenvalue weighted by Crippen LogP contribution is -1.90. The van der Waals surface area contributed by atoms with Gasteiger partial charge in [0.15, 0.2) is 5.82 Å². The number of nitrogens with zero attached hydrogens (tertiary/aromatic N) is 2. The van der Waals surface area contributed by atoms with Crippen LogP contribution in [-0.4, -0.2) is 14.5 Å². The van der Waals surface area contributed by atoms with Crippen LogP contribution in [0.5, 0.6) is 0 Å². The van der Waals surface area contributed by atoms with Crippen LogP contribution < -0.4 is 0 Å². The molecule has 0 aromatic carbocycles.